The van der Waals surface area contributed by atoms with Crippen LogP contribution in [0.2, 0.25) is 0 Å². The van der Waals surface area contributed by atoms with E-state index in [1.807, 2.05) is 0 Å². The first-order chi connectivity index (χ1) is 6.31. The van der Waals surface area contributed by atoms with Gasteiger partial charge in [0.15, 0.2) is 0 Å². The van der Waals surface area contributed by atoms with Gasteiger partial charge in [-0.25, -0.2) is 0 Å². The summed E-state index contributed by atoms with van der Waals surface area (Å²) >= 11 is 0. The lowest BCUT2D eigenvalue weighted by atomic mass is 10.1. The SMILES string of the molecule is CC=CCCCC=C(C)CCCC. The van der Waals surface area contributed by atoms with Crippen LogP contribution in [0.25, 0.3) is 0 Å². The lowest BCUT2D eigenvalue weighted by Crippen LogP contribution is -1.78. The molecule has 0 radical (unpaired) electrons. The molecule has 0 rings (SSSR count). The van der Waals surface area contributed by atoms with Crippen LogP contribution in [0.3, 0.4) is 0 Å². The molecule has 0 heterocycles. The predicted molar refractivity (Wildman–Crippen MR) is 61.9 cm³/mol. The van der Waals surface area contributed by atoms with Gasteiger partial charge in [0, 0.05) is 0 Å². The number of rotatable bonds is 7. The Morgan fingerprint density at radius 3 is 2.54 bits per heavy atom. The predicted octanol–water partition coefficient (Wildman–Crippen LogP) is 4.87. The van der Waals surface area contributed by atoms with Crippen molar-refractivity contribution in [3.63, 3.8) is 0 Å². The highest BCUT2D eigenvalue weighted by molar-refractivity contribution is 4.97. The van der Waals surface area contributed by atoms with Crippen LogP contribution in [0.15, 0.2) is 23.8 Å². The van der Waals surface area contributed by atoms with E-state index in [1.165, 1.54) is 38.5 Å². The molecule has 0 saturated heterocycles. The molecule has 0 saturated carbocycles. The molecule has 13 heavy (non-hydrogen) atoms. The Hall–Kier alpha value is -0.520. The van der Waals surface area contributed by atoms with Crippen molar-refractivity contribution in [1.29, 1.82) is 0 Å². The molecule has 0 aromatic carbocycles. The summed E-state index contributed by atoms with van der Waals surface area (Å²) in [7, 11) is 0. The van der Waals surface area contributed by atoms with Gasteiger partial charge in [0.2, 0.25) is 0 Å². The number of hydrogen-bond acceptors (Lipinski definition) is 0. The zero-order valence-corrected chi connectivity index (χ0v) is 9.47. The minimum atomic E-state index is 1.23. The van der Waals surface area contributed by atoms with E-state index in [0.29, 0.717) is 0 Å². The number of hydrogen-bond donors (Lipinski definition) is 0. The minimum absolute atomic E-state index is 1.23. The van der Waals surface area contributed by atoms with Crippen LogP contribution in [0.5, 0.6) is 0 Å². The molecular formula is C13H24. The second-order valence-corrected chi connectivity index (χ2v) is 3.65. The van der Waals surface area contributed by atoms with Gasteiger partial charge in [-0.05, 0) is 46.0 Å². The van der Waals surface area contributed by atoms with Gasteiger partial charge in [-0.1, -0.05) is 37.1 Å². The molecule has 0 spiro atoms. The smallest absolute Gasteiger partial charge is 0.0323 e. The fourth-order valence-corrected chi connectivity index (χ4v) is 1.31. The Bertz CT molecular complexity index is 151. The third-order valence-corrected chi connectivity index (χ3v) is 2.23. The summed E-state index contributed by atoms with van der Waals surface area (Å²) < 4.78 is 0. The Morgan fingerprint density at radius 1 is 1.15 bits per heavy atom. The van der Waals surface area contributed by atoms with Crippen molar-refractivity contribution in [3.05, 3.63) is 23.8 Å². The van der Waals surface area contributed by atoms with Gasteiger partial charge >= 0.3 is 0 Å². The normalized spacial score (nSPS) is 12.7. The quantitative estimate of drug-likeness (QED) is 0.387. The zero-order chi connectivity index (χ0) is 9.94. The van der Waals surface area contributed by atoms with Crippen molar-refractivity contribution in [1.82, 2.24) is 0 Å². The topological polar surface area (TPSA) is 0 Å². The van der Waals surface area contributed by atoms with Crippen LogP contribution in [0.1, 0.15) is 59.3 Å². The second kappa shape index (κ2) is 9.57. The molecule has 0 atom stereocenters. The van der Waals surface area contributed by atoms with E-state index >= 15 is 0 Å². The van der Waals surface area contributed by atoms with Gasteiger partial charge in [0.25, 0.3) is 0 Å². The molecule has 0 aromatic heterocycles. The summed E-state index contributed by atoms with van der Waals surface area (Å²) in [5.41, 5.74) is 1.57. The average Bonchev–Trinajstić information content (AvgIpc) is 2.14. The number of unbranched alkanes of at least 4 members (excludes halogenated alkanes) is 3. The first-order valence-corrected chi connectivity index (χ1v) is 5.58. The van der Waals surface area contributed by atoms with E-state index in [-0.39, 0.29) is 0 Å². The van der Waals surface area contributed by atoms with Gasteiger partial charge < -0.3 is 0 Å². The molecule has 76 valence electrons. The molecule has 0 heteroatoms. The molecule has 0 aliphatic heterocycles. The molecular weight excluding hydrogens is 156 g/mol. The number of allylic oxidation sites excluding steroid dienone is 4. The maximum Gasteiger partial charge on any atom is -0.0323 e. The Morgan fingerprint density at radius 2 is 1.92 bits per heavy atom. The van der Waals surface area contributed by atoms with Crippen LogP contribution < -0.4 is 0 Å². The Balaban J connectivity index is 3.36. The van der Waals surface area contributed by atoms with Crippen molar-refractivity contribution >= 4 is 0 Å². The van der Waals surface area contributed by atoms with E-state index in [1.54, 1.807) is 5.57 Å². The van der Waals surface area contributed by atoms with E-state index in [0.717, 1.165) is 0 Å². The fraction of sp³-hybridized carbons (Fsp3) is 0.692. The van der Waals surface area contributed by atoms with Crippen molar-refractivity contribution < 1.29 is 0 Å². The summed E-state index contributed by atoms with van der Waals surface area (Å²) in [5.74, 6) is 0. The standard InChI is InChI=1S/C13H24/c1-4-6-8-9-10-12-13(3)11-7-5-2/h4,6,12H,5,7-11H2,1-3H3. The van der Waals surface area contributed by atoms with Crippen LogP contribution >= 0.6 is 0 Å². The minimum Gasteiger partial charge on any atom is -0.0917 e. The van der Waals surface area contributed by atoms with Gasteiger partial charge in [0.05, 0.1) is 0 Å². The Labute approximate surface area is 83.7 Å². The summed E-state index contributed by atoms with van der Waals surface area (Å²) in [5, 5.41) is 0. The Kier molecular flexibility index (Phi) is 9.18. The van der Waals surface area contributed by atoms with Gasteiger partial charge in [-0.15, -0.1) is 0 Å². The van der Waals surface area contributed by atoms with Crippen LogP contribution in [-0.2, 0) is 0 Å². The van der Waals surface area contributed by atoms with E-state index < -0.39 is 0 Å². The van der Waals surface area contributed by atoms with Gasteiger partial charge in [-0.3, -0.25) is 0 Å². The summed E-state index contributed by atoms with van der Waals surface area (Å²) in [6, 6.07) is 0. The van der Waals surface area contributed by atoms with Gasteiger partial charge in [0.1, 0.15) is 0 Å². The highest BCUT2D eigenvalue weighted by Crippen LogP contribution is 2.08. The molecule has 0 unspecified atom stereocenters. The first kappa shape index (κ1) is 12.5. The third kappa shape index (κ3) is 9.39. The molecule has 0 aromatic rings. The summed E-state index contributed by atoms with van der Waals surface area (Å²) in [6.07, 6.45) is 14.5. The van der Waals surface area contributed by atoms with Crippen LogP contribution in [0.4, 0.5) is 0 Å². The lowest BCUT2D eigenvalue weighted by molar-refractivity contribution is 0.776. The summed E-state index contributed by atoms with van der Waals surface area (Å²) in [4.78, 5) is 0. The van der Waals surface area contributed by atoms with Crippen LogP contribution in [0, 0.1) is 0 Å². The lowest BCUT2D eigenvalue weighted by Gasteiger charge is -1.98. The van der Waals surface area contributed by atoms with Crippen molar-refractivity contribution in [2.24, 2.45) is 0 Å². The average molecular weight is 180 g/mol. The molecule has 0 aliphatic carbocycles. The maximum atomic E-state index is 2.40. The van der Waals surface area contributed by atoms with Crippen LogP contribution in [-0.4, -0.2) is 0 Å². The largest absolute Gasteiger partial charge is 0.0917 e. The molecule has 0 fully saturated rings. The monoisotopic (exact) mass is 180 g/mol. The van der Waals surface area contributed by atoms with Crippen molar-refractivity contribution in [3.8, 4) is 0 Å². The van der Waals surface area contributed by atoms with Crippen molar-refractivity contribution in [2.45, 2.75) is 59.3 Å². The molecule has 0 aliphatic rings. The second-order valence-electron chi connectivity index (χ2n) is 3.65. The third-order valence-electron chi connectivity index (χ3n) is 2.23. The maximum absolute atomic E-state index is 2.40. The van der Waals surface area contributed by atoms with Gasteiger partial charge in [-0.2, -0.15) is 0 Å². The highest BCUT2D eigenvalue weighted by atomic mass is 13.9. The first-order valence-electron chi connectivity index (χ1n) is 5.58. The van der Waals surface area contributed by atoms with Crippen molar-refractivity contribution in [2.75, 3.05) is 0 Å². The molecule has 0 nitrogen and oxygen atoms in total. The zero-order valence-electron chi connectivity index (χ0n) is 9.47. The fourth-order valence-electron chi connectivity index (χ4n) is 1.31. The summed E-state index contributed by atoms with van der Waals surface area (Å²) in [6.45, 7) is 6.59. The van der Waals surface area contributed by atoms with E-state index in [4.69, 9.17) is 0 Å². The highest BCUT2D eigenvalue weighted by Gasteiger charge is 1.88. The molecule has 0 amide bonds. The van der Waals surface area contributed by atoms with E-state index in [2.05, 4.69) is 39.0 Å². The van der Waals surface area contributed by atoms with E-state index in [9.17, 15) is 0 Å². The molecule has 0 N–H and O–H groups in total. The molecule has 0 bridgehead atoms.